The molecule has 4 rings (SSSR count). The topological polar surface area (TPSA) is 85.2 Å². The Kier molecular flexibility index (Phi) is 4.87. The Balaban J connectivity index is 1.49. The van der Waals surface area contributed by atoms with Crippen LogP contribution in [0.25, 0.3) is 0 Å². The summed E-state index contributed by atoms with van der Waals surface area (Å²) in [4.78, 5) is 28.7. The fourth-order valence-corrected chi connectivity index (χ4v) is 3.62. The largest absolute Gasteiger partial charge is 0.368 e. The third-order valence-corrected chi connectivity index (χ3v) is 5.15. The van der Waals surface area contributed by atoms with Crippen molar-refractivity contribution >= 4 is 28.2 Å². The number of morpholine rings is 1. The molecule has 1 unspecified atom stereocenters. The van der Waals surface area contributed by atoms with Crippen molar-refractivity contribution in [3.8, 4) is 0 Å². The molecule has 0 spiro atoms. The van der Waals surface area contributed by atoms with Gasteiger partial charge in [-0.15, -0.1) is 11.3 Å². The SMILES string of the molecule is Cc1cnc(Nc2cccc(C3CN(C(=O)c4nccn4C)CCO3)n2)s1. The highest BCUT2D eigenvalue weighted by Crippen LogP contribution is 2.25. The number of aromatic nitrogens is 4. The molecule has 0 saturated carbocycles. The summed E-state index contributed by atoms with van der Waals surface area (Å²) in [6.45, 7) is 3.46. The third-order valence-electron chi connectivity index (χ3n) is 4.32. The van der Waals surface area contributed by atoms with E-state index in [0.717, 1.165) is 15.7 Å². The van der Waals surface area contributed by atoms with Gasteiger partial charge in [-0.1, -0.05) is 6.07 Å². The summed E-state index contributed by atoms with van der Waals surface area (Å²) in [5, 5.41) is 4.01. The van der Waals surface area contributed by atoms with Crippen LogP contribution in [0.3, 0.4) is 0 Å². The Hall–Kier alpha value is -2.78. The average Bonchev–Trinajstić information content (AvgIpc) is 3.29. The molecule has 1 amide bonds. The molecule has 0 aromatic carbocycles. The van der Waals surface area contributed by atoms with Crippen molar-refractivity contribution in [1.82, 2.24) is 24.4 Å². The molecule has 8 nitrogen and oxygen atoms in total. The van der Waals surface area contributed by atoms with Gasteiger partial charge in [0.05, 0.1) is 18.8 Å². The van der Waals surface area contributed by atoms with E-state index in [9.17, 15) is 4.79 Å². The first kappa shape index (κ1) is 17.6. The Bertz CT molecular complexity index is 953. The predicted molar refractivity (Wildman–Crippen MR) is 102 cm³/mol. The number of anilines is 2. The zero-order valence-corrected chi connectivity index (χ0v) is 15.9. The second-order valence-corrected chi connectivity index (χ2v) is 7.56. The number of hydrogen-bond acceptors (Lipinski definition) is 7. The minimum atomic E-state index is -0.275. The van der Waals surface area contributed by atoms with Crippen LogP contribution in [0.1, 0.15) is 27.3 Å². The first-order valence-corrected chi connectivity index (χ1v) is 9.46. The number of nitrogens with zero attached hydrogens (tertiary/aromatic N) is 5. The Morgan fingerprint density at radius 3 is 3.00 bits per heavy atom. The normalized spacial score (nSPS) is 17.1. The van der Waals surface area contributed by atoms with Crippen molar-refractivity contribution in [2.24, 2.45) is 7.05 Å². The summed E-state index contributed by atoms with van der Waals surface area (Å²) < 4.78 is 7.60. The van der Waals surface area contributed by atoms with Gasteiger partial charge in [0.1, 0.15) is 11.9 Å². The molecule has 1 fully saturated rings. The van der Waals surface area contributed by atoms with Gasteiger partial charge in [0.25, 0.3) is 5.91 Å². The molecule has 1 aliphatic heterocycles. The number of rotatable bonds is 4. The maximum atomic E-state index is 12.7. The fraction of sp³-hybridized carbons (Fsp3) is 0.333. The number of thiazole rings is 1. The molecule has 1 atom stereocenters. The van der Waals surface area contributed by atoms with Gasteiger partial charge >= 0.3 is 0 Å². The molecule has 4 heterocycles. The maximum Gasteiger partial charge on any atom is 0.290 e. The predicted octanol–water partition coefficient (Wildman–Crippen LogP) is 2.54. The van der Waals surface area contributed by atoms with Crippen LogP contribution in [-0.2, 0) is 11.8 Å². The van der Waals surface area contributed by atoms with E-state index in [4.69, 9.17) is 4.74 Å². The molecule has 0 bridgehead atoms. The summed E-state index contributed by atoms with van der Waals surface area (Å²) in [6, 6.07) is 5.73. The van der Waals surface area contributed by atoms with Gasteiger partial charge in [-0.05, 0) is 19.1 Å². The Morgan fingerprint density at radius 1 is 1.37 bits per heavy atom. The van der Waals surface area contributed by atoms with Gasteiger partial charge in [0.15, 0.2) is 11.0 Å². The number of nitrogens with one attached hydrogen (secondary N) is 1. The highest BCUT2D eigenvalue weighted by Gasteiger charge is 2.28. The number of pyridine rings is 1. The standard InChI is InChI=1S/C18H20N6O2S/c1-12-10-20-18(27-12)22-15-5-3-4-13(21-15)14-11-24(8-9-26-14)17(25)16-19-6-7-23(16)2/h3-7,10,14H,8-9,11H2,1-2H3,(H,20,21,22). The molecule has 140 valence electrons. The van der Waals surface area contributed by atoms with E-state index in [0.29, 0.717) is 31.3 Å². The summed E-state index contributed by atoms with van der Waals surface area (Å²) in [5.74, 6) is 1.04. The van der Waals surface area contributed by atoms with Crippen molar-refractivity contribution in [3.63, 3.8) is 0 Å². The Labute approximate surface area is 160 Å². The van der Waals surface area contributed by atoms with Gasteiger partial charge < -0.3 is 19.5 Å². The average molecular weight is 384 g/mol. The molecule has 1 aliphatic rings. The van der Waals surface area contributed by atoms with Crippen LogP contribution in [-0.4, -0.2) is 50.0 Å². The van der Waals surface area contributed by atoms with Crippen LogP contribution in [0, 0.1) is 6.92 Å². The number of carbonyl (C=O) groups is 1. The van der Waals surface area contributed by atoms with E-state index < -0.39 is 0 Å². The lowest BCUT2D eigenvalue weighted by Gasteiger charge is -2.32. The van der Waals surface area contributed by atoms with E-state index in [-0.39, 0.29) is 12.0 Å². The molecule has 1 N–H and O–H groups in total. The number of aryl methyl sites for hydroxylation is 2. The van der Waals surface area contributed by atoms with E-state index in [1.54, 1.807) is 33.2 Å². The quantitative estimate of drug-likeness (QED) is 0.744. The molecule has 1 saturated heterocycles. The number of imidazole rings is 1. The number of carbonyl (C=O) groups excluding carboxylic acids is 1. The first-order valence-electron chi connectivity index (χ1n) is 8.65. The van der Waals surface area contributed by atoms with Crippen LogP contribution in [0.5, 0.6) is 0 Å². The second kappa shape index (κ2) is 7.45. The summed E-state index contributed by atoms with van der Waals surface area (Å²) in [7, 11) is 1.81. The highest BCUT2D eigenvalue weighted by atomic mass is 32.1. The van der Waals surface area contributed by atoms with Crippen molar-refractivity contribution in [2.45, 2.75) is 13.0 Å². The lowest BCUT2D eigenvalue weighted by atomic mass is 10.2. The van der Waals surface area contributed by atoms with E-state index >= 15 is 0 Å². The smallest absolute Gasteiger partial charge is 0.290 e. The summed E-state index contributed by atoms with van der Waals surface area (Å²) >= 11 is 1.57. The third kappa shape index (κ3) is 3.83. The molecule has 3 aromatic heterocycles. The van der Waals surface area contributed by atoms with Crippen LogP contribution in [0.2, 0.25) is 0 Å². The lowest BCUT2D eigenvalue weighted by molar-refractivity contribution is -0.0251. The number of ether oxygens (including phenoxy) is 1. The minimum absolute atomic E-state index is 0.0941. The summed E-state index contributed by atoms with van der Waals surface area (Å²) in [5.41, 5.74) is 0.783. The maximum absolute atomic E-state index is 12.7. The van der Waals surface area contributed by atoms with Crippen LogP contribution < -0.4 is 5.32 Å². The molecule has 9 heteroatoms. The van der Waals surface area contributed by atoms with Crippen LogP contribution in [0.15, 0.2) is 36.8 Å². The first-order chi connectivity index (χ1) is 13.1. The zero-order chi connectivity index (χ0) is 18.8. The molecule has 0 radical (unpaired) electrons. The van der Waals surface area contributed by atoms with Gasteiger partial charge in [-0.3, -0.25) is 4.79 Å². The number of hydrogen-bond donors (Lipinski definition) is 1. The lowest BCUT2D eigenvalue weighted by Crippen LogP contribution is -2.43. The zero-order valence-electron chi connectivity index (χ0n) is 15.1. The Morgan fingerprint density at radius 2 is 2.26 bits per heavy atom. The van der Waals surface area contributed by atoms with Crippen LogP contribution >= 0.6 is 11.3 Å². The van der Waals surface area contributed by atoms with Gasteiger partial charge in [0, 0.05) is 37.1 Å². The van der Waals surface area contributed by atoms with E-state index in [2.05, 4.69) is 20.3 Å². The van der Waals surface area contributed by atoms with Gasteiger partial charge in [-0.25, -0.2) is 15.0 Å². The van der Waals surface area contributed by atoms with Crippen molar-refractivity contribution in [1.29, 1.82) is 0 Å². The molecular weight excluding hydrogens is 364 g/mol. The van der Waals surface area contributed by atoms with Crippen LogP contribution in [0.4, 0.5) is 10.9 Å². The molecule has 3 aromatic rings. The van der Waals surface area contributed by atoms with E-state index in [1.807, 2.05) is 38.4 Å². The van der Waals surface area contributed by atoms with Gasteiger partial charge in [-0.2, -0.15) is 0 Å². The van der Waals surface area contributed by atoms with E-state index in [1.165, 1.54) is 0 Å². The minimum Gasteiger partial charge on any atom is -0.368 e. The monoisotopic (exact) mass is 384 g/mol. The second-order valence-electron chi connectivity index (χ2n) is 6.32. The fourth-order valence-electron chi connectivity index (χ4n) is 2.95. The molecular formula is C18H20N6O2S. The van der Waals surface area contributed by atoms with Crippen molar-refractivity contribution in [2.75, 3.05) is 25.0 Å². The van der Waals surface area contributed by atoms with Crippen molar-refractivity contribution < 1.29 is 9.53 Å². The molecule has 0 aliphatic carbocycles. The number of amides is 1. The summed E-state index contributed by atoms with van der Waals surface area (Å²) in [6.07, 6.45) is 4.94. The molecule has 27 heavy (non-hydrogen) atoms. The van der Waals surface area contributed by atoms with Gasteiger partial charge in [0.2, 0.25) is 0 Å². The van der Waals surface area contributed by atoms with Crippen molar-refractivity contribution in [3.05, 3.63) is 53.2 Å². The highest BCUT2D eigenvalue weighted by molar-refractivity contribution is 7.15.